The summed E-state index contributed by atoms with van der Waals surface area (Å²) >= 11 is 1.85. The van der Waals surface area contributed by atoms with E-state index in [1.165, 1.54) is 23.4 Å². The number of aliphatic hydroxyl groups excluding tert-OH is 1. The van der Waals surface area contributed by atoms with Gasteiger partial charge in [-0.1, -0.05) is 24.3 Å². The molecule has 140 valence electrons. The molecule has 2 aromatic rings. The molecule has 2 aliphatic heterocycles. The highest BCUT2D eigenvalue weighted by atomic mass is 32.1. The largest absolute Gasteiger partial charge is 0.390 e. The van der Waals surface area contributed by atoms with Crippen LogP contribution < -0.4 is 4.90 Å². The zero-order valence-electron chi connectivity index (χ0n) is 15.3. The van der Waals surface area contributed by atoms with E-state index < -0.39 is 0 Å². The third-order valence-electron chi connectivity index (χ3n) is 5.64. The molecule has 0 spiro atoms. The van der Waals surface area contributed by atoms with Crippen molar-refractivity contribution in [2.75, 3.05) is 50.7 Å². The van der Waals surface area contributed by atoms with Crippen molar-refractivity contribution in [2.24, 2.45) is 0 Å². The summed E-state index contributed by atoms with van der Waals surface area (Å²) in [5, 5.41) is 12.8. The van der Waals surface area contributed by atoms with E-state index >= 15 is 0 Å². The topological polar surface area (TPSA) is 30.0 Å². The fraction of sp³-hybridized carbons (Fsp3) is 0.524. The molecule has 1 aromatic heterocycles. The van der Waals surface area contributed by atoms with Crippen LogP contribution in [0.1, 0.15) is 23.8 Å². The van der Waals surface area contributed by atoms with E-state index in [2.05, 4.69) is 62.5 Å². The number of β-amino-alcohol motifs (C(OH)–C–C–N with tert-alkyl or cyclic N) is 1. The smallest absolute Gasteiger partial charge is 0.0794 e. The number of aliphatic hydroxyl groups is 1. The van der Waals surface area contributed by atoms with Gasteiger partial charge in [0.05, 0.1) is 6.10 Å². The number of hydrogen-bond donors (Lipinski definition) is 1. The second kappa shape index (κ2) is 8.53. The van der Waals surface area contributed by atoms with Crippen LogP contribution in [-0.2, 0) is 0 Å². The summed E-state index contributed by atoms with van der Waals surface area (Å²) in [5.74, 6) is 0. The molecule has 0 radical (unpaired) electrons. The predicted molar refractivity (Wildman–Crippen MR) is 109 cm³/mol. The van der Waals surface area contributed by atoms with Crippen molar-refractivity contribution < 1.29 is 5.11 Å². The maximum atomic E-state index is 10.7. The first-order chi connectivity index (χ1) is 12.8. The summed E-state index contributed by atoms with van der Waals surface area (Å²) in [6.45, 7) is 6.83. The van der Waals surface area contributed by atoms with Gasteiger partial charge in [-0.25, -0.2) is 0 Å². The molecular weight excluding hydrogens is 342 g/mol. The summed E-state index contributed by atoms with van der Waals surface area (Å²) in [4.78, 5) is 8.79. The maximum absolute atomic E-state index is 10.7. The van der Waals surface area contributed by atoms with Gasteiger partial charge in [0.15, 0.2) is 0 Å². The van der Waals surface area contributed by atoms with E-state index in [9.17, 15) is 5.11 Å². The molecule has 0 saturated carbocycles. The molecule has 4 rings (SSSR count). The Labute approximate surface area is 160 Å². The van der Waals surface area contributed by atoms with Gasteiger partial charge in [-0.3, -0.25) is 9.80 Å². The molecule has 2 saturated heterocycles. The lowest BCUT2D eigenvalue weighted by Crippen LogP contribution is -2.50. The lowest BCUT2D eigenvalue weighted by atomic mass is 10.1. The van der Waals surface area contributed by atoms with Crippen LogP contribution in [-0.4, -0.2) is 66.8 Å². The Morgan fingerprint density at radius 3 is 2.50 bits per heavy atom. The Morgan fingerprint density at radius 2 is 1.77 bits per heavy atom. The Morgan fingerprint density at radius 1 is 0.962 bits per heavy atom. The van der Waals surface area contributed by atoms with Crippen molar-refractivity contribution >= 4 is 17.0 Å². The van der Waals surface area contributed by atoms with Gasteiger partial charge in [0.2, 0.25) is 0 Å². The van der Waals surface area contributed by atoms with Gasteiger partial charge < -0.3 is 10.0 Å². The average Bonchev–Trinajstić information content (AvgIpc) is 3.34. The molecule has 5 heteroatoms. The zero-order chi connectivity index (χ0) is 17.8. The Balaban J connectivity index is 1.25. The third-order valence-corrected chi connectivity index (χ3v) is 6.62. The van der Waals surface area contributed by atoms with Crippen LogP contribution >= 0.6 is 11.3 Å². The molecule has 1 aromatic carbocycles. The Hall–Kier alpha value is -1.40. The molecular formula is C21H29N3OS. The van der Waals surface area contributed by atoms with Crippen molar-refractivity contribution in [2.45, 2.75) is 25.0 Å². The van der Waals surface area contributed by atoms with Crippen molar-refractivity contribution in [3.05, 3.63) is 52.7 Å². The van der Waals surface area contributed by atoms with Crippen LogP contribution in [0, 0.1) is 0 Å². The Kier molecular flexibility index (Phi) is 5.90. The van der Waals surface area contributed by atoms with E-state index in [0.29, 0.717) is 6.04 Å². The first kappa shape index (κ1) is 18.0. The second-order valence-electron chi connectivity index (χ2n) is 7.45. The number of anilines is 1. The molecule has 2 aliphatic rings. The summed E-state index contributed by atoms with van der Waals surface area (Å²) < 4.78 is 0. The first-order valence-electron chi connectivity index (χ1n) is 9.77. The highest BCUT2D eigenvalue weighted by Crippen LogP contribution is 2.34. The summed E-state index contributed by atoms with van der Waals surface area (Å²) in [7, 11) is 0. The van der Waals surface area contributed by atoms with Crippen LogP contribution in [0.5, 0.6) is 0 Å². The highest BCUT2D eigenvalue weighted by molar-refractivity contribution is 7.10. The summed E-state index contributed by atoms with van der Waals surface area (Å²) in [6, 6.07) is 15.5. The van der Waals surface area contributed by atoms with Gasteiger partial charge in [-0.05, 0) is 43.0 Å². The minimum absolute atomic E-state index is 0.265. The van der Waals surface area contributed by atoms with Gasteiger partial charge in [-0.2, -0.15) is 0 Å². The van der Waals surface area contributed by atoms with Gasteiger partial charge in [0, 0.05) is 55.9 Å². The van der Waals surface area contributed by atoms with Gasteiger partial charge in [-0.15, -0.1) is 11.3 Å². The summed E-state index contributed by atoms with van der Waals surface area (Å²) in [5.41, 5.74) is 1.31. The molecule has 2 fully saturated rings. The lowest BCUT2D eigenvalue weighted by molar-refractivity contribution is 0.0678. The first-order valence-corrected chi connectivity index (χ1v) is 10.7. The quantitative estimate of drug-likeness (QED) is 0.845. The van der Waals surface area contributed by atoms with E-state index in [4.69, 9.17) is 0 Å². The SMILES string of the molecule is O[C@H](CN1CCN(c2ccccc2)CC1)CN1CCC[C@H]1c1cccs1. The number of likely N-dealkylation sites (tertiary alicyclic amines) is 1. The average molecular weight is 372 g/mol. The number of para-hydroxylation sites is 1. The lowest BCUT2D eigenvalue weighted by Gasteiger charge is -2.37. The molecule has 26 heavy (non-hydrogen) atoms. The van der Waals surface area contributed by atoms with Crippen LogP contribution in [0.2, 0.25) is 0 Å². The molecule has 2 atom stereocenters. The molecule has 3 heterocycles. The van der Waals surface area contributed by atoms with Crippen molar-refractivity contribution in [3.8, 4) is 0 Å². The van der Waals surface area contributed by atoms with Crippen LogP contribution in [0.15, 0.2) is 47.8 Å². The van der Waals surface area contributed by atoms with Gasteiger partial charge >= 0.3 is 0 Å². The fourth-order valence-corrected chi connectivity index (χ4v) is 5.20. The monoisotopic (exact) mass is 371 g/mol. The van der Waals surface area contributed by atoms with Crippen LogP contribution in [0.25, 0.3) is 0 Å². The van der Waals surface area contributed by atoms with E-state index in [0.717, 1.165) is 45.8 Å². The van der Waals surface area contributed by atoms with Crippen molar-refractivity contribution in [1.82, 2.24) is 9.80 Å². The maximum Gasteiger partial charge on any atom is 0.0794 e. The van der Waals surface area contributed by atoms with Gasteiger partial charge in [0.1, 0.15) is 0 Å². The highest BCUT2D eigenvalue weighted by Gasteiger charge is 2.29. The number of hydrogen-bond acceptors (Lipinski definition) is 5. The predicted octanol–water partition coefficient (Wildman–Crippen LogP) is 3.07. The number of rotatable bonds is 6. The number of thiophene rings is 1. The van der Waals surface area contributed by atoms with Crippen LogP contribution in [0.3, 0.4) is 0 Å². The number of nitrogens with zero attached hydrogens (tertiary/aromatic N) is 3. The minimum atomic E-state index is -0.265. The van der Waals surface area contributed by atoms with Crippen molar-refractivity contribution in [3.63, 3.8) is 0 Å². The number of benzene rings is 1. The van der Waals surface area contributed by atoms with E-state index in [1.807, 2.05) is 11.3 Å². The fourth-order valence-electron chi connectivity index (χ4n) is 4.30. The van der Waals surface area contributed by atoms with Gasteiger partial charge in [0.25, 0.3) is 0 Å². The van der Waals surface area contributed by atoms with E-state index in [1.54, 1.807) is 0 Å². The molecule has 0 unspecified atom stereocenters. The third kappa shape index (κ3) is 4.29. The summed E-state index contributed by atoms with van der Waals surface area (Å²) in [6.07, 6.45) is 2.20. The van der Waals surface area contributed by atoms with Crippen LogP contribution in [0.4, 0.5) is 5.69 Å². The normalized spacial score (nSPS) is 23.4. The zero-order valence-corrected chi connectivity index (χ0v) is 16.2. The molecule has 4 nitrogen and oxygen atoms in total. The van der Waals surface area contributed by atoms with E-state index in [-0.39, 0.29) is 6.10 Å². The molecule has 0 aliphatic carbocycles. The van der Waals surface area contributed by atoms with Crippen molar-refractivity contribution in [1.29, 1.82) is 0 Å². The second-order valence-corrected chi connectivity index (χ2v) is 8.42. The molecule has 0 bridgehead atoms. The molecule has 0 amide bonds. The Bertz CT molecular complexity index is 655. The molecule has 1 N–H and O–H groups in total. The standard InChI is InChI=1S/C21H29N3OS/c25-19(17-24-10-4-8-20(24)21-9-5-15-26-21)16-22-11-13-23(14-12-22)18-6-2-1-3-7-18/h1-3,5-7,9,15,19-20,25H,4,8,10-14,16-17H2/t19-,20+/m1/s1. The minimum Gasteiger partial charge on any atom is -0.390 e. The number of piperazine rings is 1.